The fraction of sp³-hybridized carbons (Fsp3) is 0.192. The molecule has 1 N–H and O–H groups in total. The maximum absolute atomic E-state index is 13.2. The van der Waals surface area contributed by atoms with Crippen molar-refractivity contribution < 1.29 is 28.9 Å². The average Bonchev–Trinajstić information content (AvgIpc) is 3.45. The Balaban J connectivity index is 1.61. The molecular weight excluding hydrogens is 436 g/mol. The summed E-state index contributed by atoms with van der Waals surface area (Å²) in [7, 11) is 0. The van der Waals surface area contributed by atoms with Crippen molar-refractivity contribution in [3.05, 3.63) is 83.7 Å². The Morgan fingerprint density at radius 3 is 2.53 bits per heavy atom. The Hall–Kier alpha value is -4.33. The van der Waals surface area contributed by atoms with Gasteiger partial charge in [-0.1, -0.05) is 6.92 Å². The number of rotatable bonds is 6. The van der Waals surface area contributed by atoms with Gasteiger partial charge in [-0.15, -0.1) is 0 Å². The molecule has 0 bridgehead atoms. The van der Waals surface area contributed by atoms with E-state index in [4.69, 9.17) is 14.2 Å². The van der Waals surface area contributed by atoms with Crippen LogP contribution in [0.2, 0.25) is 0 Å². The lowest BCUT2D eigenvalue weighted by Crippen LogP contribution is -2.29. The number of Topliss-reactive ketones (excluding diaryl/α,β-unsaturated/α-hetero) is 1. The number of ketones is 1. The van der Waals surface area contributed by atoms with E-state index in [9.17, 15) is 14.7 Å². The standard InChI is InChI=1S/C26H22N2O6/c1-2-13-32-19-6-3-17(4-7-19)24(29)22-23(16-9-11-27-12-10-16)28(26(31)25(22)30)18-5-8-20-21(14-18)34-15-33-20/h3-12,14,23,29H,2,13,15H2,1H3/b24-22+. The van der Waals surface area contributed by atoms with Gasteiger partial charge in [-0.05, 0) is 60.5 Å². The molecule has 2 aliphatic rings. The summed E-state index contributed by atoms with van der Waals surface area (Å²) in [6.45, 7) is 2.68. The van der Waals surface area contributed by atoms with Gasteiger partial charge in [-0.25, -0.2) is 0 Å². The zero-order valence-electron chi connectivity index (χ0n) is 18.4. The highest BCUT2D eigenvalue weighted by atomic mass is 16.7. The van der Waals surface area contributed by atoms with Gasteiger partial charge >= 0.3 is 0 Å². The van der Waals surface area contributed by atoms with Crippen molar-refractivity contribution >= 4 is 23.1 Å². The Morgan fingerprint density at radius 2 is 1.79 bits per heavy atom. The number of ether oxygens (including phenoxy) is 3. The first-order valence-corrected chi connectivity index (χ1v) is 10.9. The molecule has 1 aromatic heterocycles. The van der Waals surface area contributed by atoms with E-state index >= 15 is 0 Å². The van der Waals surface area contributed by atoms with Crippen molar-refractivity contribution in [1.29, 1.82) is 0 Å². The zero-order valence-corrected chi connectivity index (χ0v) is 18.4. The number of fused-ring (bicyclic) bond motifs is 1. The maximum atomic E-state index is 13.2. The minimum Gasteiger partial charge on any atom is -0.507 e. The largest absolute Gasteiger partial charge is 0.507 e. The molecule has 5 rings (SSSR count). The average molecular weight is 458 g/mol. The summed E-state index contributed by atoms with van der Waals surface area (Å²) in [4.78, 5) is 31.9. The van der Waals surface area contributed by atoms with E-state index in [-0.39, 0.29) is 18.1 Å². The minimum atomic E-state index is -0.848. The number of aromatic nitrogens is 1. The van der Waals surface area contributed by atoms with Crippen LogP contribution in [-0.4, -0.2) is 35.2 Å². The number of carbonyl (C=O) groups excluding carboxylic acids is 2. The summed E-state index contributed by atoms with van der Waals surface area (Å²) in [5.74, 6) is -0.0783. The number of amides is 1. The number of benzene rings is 2. The molecule has 8 nitrogen and oxygen atoms in total. The van der Waals surface area contributed by atoms with Crippen LogP contribution in [0.1, 0.15) is 30.5 Å². The van der Waals surface area contributed by atoms with Gasteiger partial charge in [0.1, 0.15) is 11.5 Å². The quantitative estimate of drug-likeness (QED) is 0.335. The van der Waals surface area contributed by atoms with Crippen LogP contribution in [0.15, 0.2) is 72.6 Å². The Labute approximate surface area is 196 Å². The highest BCUT2D eigenvalue weighted by Crippen LogP contribution is 2.44. The van der Waals surface area contributed by atoms with Crippen LogP contribution in [0.3, 0.4) is 0 Å². The molecule has 2 aromatic carbocycles. The van der Waals surface area contributed by atoms with Gasteiger partial charge in [0.2, 0.25) is 6.79 Å². The topological polar surface area (TPSA) is 98.2 Å². The molecule has 0 spiro atoms. The van der Waals surface area contributed by atoms with Crippen molar-refractivity contribution in [1.82, 2.24) is 4.98 Å². The molecular formula is C26H22N2O6. The predicted molar refractivity (Wildman–Crippen MR) is 124 cm³/mol. The molecule has 0 aliphatic carbocycles. The van der Waals surface area contributed by atoms with Gasteiger partial charge < -0.3 is 19.3 Å². The Kier molecular flexibility index (Phi) is 5.63. The molecule has 1 unspecified atom stereocenters. The number of aliphatic hydroxyl groups is 1. The fourth-order valence-corrected chi connectivity index (χ4v) is 4.08. The third-order valence-electron chi connectivity index (χ3n) is 5.70. The van der Waals surface area contributed by atoms with Crippen LogP contribution in [0.25, 0.3) is 5.76 Å². The first-order valence-electron chi connectivity index (χ1n) is 10.9. The van der Waals surface area contributed by atoms with Crippen LogP contribution in [-0.2, 0) is 9.59 Å². The number of aliphatic hydroxyl groups excluding tert-OH is 1. The second-order valence-corrected chi connectivity index (χ2v) is 7.86. The molecule has 0 saturated carbocycles. The summed E-state index contributed by atoms with van der Waals surface area (Å²) in [6, 6.07) is 14.4. The molecule has 3 aromatic rings. The van der Waals surface area contributed by atoms with E-state index in [1.807, 2.05) is 6.92 Å². The second kappa shape index (κ2) is 8.90. The van der Waals surface area contributed by atoms with Crippen molar-refractivity contribution in [2.24, 2.45) is 0 Å². The van der Waals surface area contributed by atoms with E-state index < -0.39 is 17.7 Å². The van der Waals surface area contributed by atoms with Crippen LogP contribution in [0.4, 0.5) is 5.69 Å². The fourth-order valence-electron chi connectivity index (χ4n) is 4.08. The molecule has 8 heteroatoms. The van der Waals surface area contributed by atoms with Crippen LogP contribution in [0.5, 0.6) is 17.2 Å². The molecule has 172 valence electrons. The summed E-state index contributed by atoms with van der Waals surface area (Å²) in [6.07, 6.45) is 4.03. The molecule has 1 fully saturated rings. The number of hydrogen-bond donors (Lipinski definition) is 1. The summed E-state index contributed by atoms with van der Waals surface area (Å²) < 4.78 is 16.4. The molecule has 1 atom stereocenters. The van der Waals surface area contributed by atoms with Gasteiger partial charge in [0.25, 0.3) is 11.7 Å². The highest BCUT2D eigenvalue weighted by molar-refractivity contribution is 6.51. The summed E-state index contributed by atoms with van der Waals surface area (Å²) in [5.41, 5.74) is 1.49. The zero-order chi connectivity index (χ0) is 23.7. The monoisotopic (exact) mass is 458 g/mol. The lowest BCUT2D eigenvalue weighted by molar-refractivity contribution is -0.132. The van der Waals surface area contributed by atoms with E-state index in [0.717, 1.165) is 6.42 Å². The van der Waals surface area contributed by atoms with E-state index in [2.05, 4.69) is 4.98 Å². The molecule has 1 saturated heterocycles. The van der Waals surface area contributed by atoms with Gasteiger partial charge in [0.05, 0.1) is 18.2 Å². The molecule has 2 aliphatic heterocycles. The van der Waals surface area contributed by atoms with Crippen molar-refractivity contribution in [2.75, 3.05) is 18.3 Å². The number of nitrogens with zero attached hydrogens (tertiary/aromatic N) is 2. The molecule has 1 amide bonds. The van der Waals surface area contributed by atoms with E-state index in [1.165, 1.54) is 4.90 Å². The molecule has 3 heterocycles. The Morgan fingerprint density at radius 1 is 1.06 bits per heavy atom. The maximum Gasteiger partial charge on any atom is 0.300 e. The molecule has 34 heavy (non-hydrogen) atoms. The molecule has 0 radical (unpaired) electrons. The van der Waals surface area contributed by atoms with Crippen LogP contribution in [0, 0.1) is 0 Å². The SMILES string of the molecule is CCCOc1ccc(/C(O)=C2\C(=O)C(=O)N(c3ccc4c(c3)OCO4)C2c2ccncc2)cc1. The minimum absolute atomic E-state index is 0.00362. The number of hydrogen-bond acceptors (Lipinski definition) is 7. The highest BCUT2D eigenvalue weighted by Gasteiger charge is 2.47. The van der Waals surface area contributed by atoms with Crippen molar-refractivity contribution in [2.45, 2.75) is 19.4 Å². The van der Waals surface area contributed by atoms with Crippen molar-refractivity contribution in [3.63, 3.8) is 0 Å². The second-order valence-electron chi connectivity index (χ2n) is 7.86. The van der Waals surface area contributed by atoms with E-state index in [0.29, 0.717) is 40.7 Å². The summed E-state index contributed by atoms with van der Waals surface area (Å²) >= 11 is 0. The number of anilines is 1. The van der Waals surface area contributed by atoms with Gasteiger partial charge in [-0.2, -0.15) is 0 Å². The van der Waals surface area contributed by atoms with Crippen LogP contribution < -0.4 is 19.1 Å². The lowest BCUT2D eigenvalue weighted by Gasteiger charge is -2.25. The number of pyridine rings is 1. The first kappa shape index (κ1) is 21.5. The predicted octanol–water partition coefficient (Wildman–Crippen LogP) is 4.23. The Bertz CT molecular complexity index is 1270. The lowest BCUT2D eigenvalue weighted by atomic mass is 9.95. The smallest absolute Gasteiger partial charge is 0.300 e. The third-order valence-corrected chi connectivity index (χ3v) is 5.70. The number of carbonyl (C=O) groups is 2. The van der Waals surface area contributed by atoms with E-state index in [1.54, 1.807) is 67.0 Å². The van der Waals surface area contributed by atoms with Crippen molar-refractivity contribution in [3.8, 4) is 17.2 Å². The van der Waals surface area contributed by atoms with Gasteiger partial charge in [0.15, 0.2) is 11.5 Å². The normalized spacial score (nSPS) is 18.4. The van der Waals surface area contributed by atoms with Gasteiger partial charge in [-0.3, -0.25) is 19.5 Å². The first-order chi connectivity index (χ1) is 16.6. The van der Waals surface area contributed by atoms with Gasteiger partial charge in [0, 0.05) is 29.7 Å². The van der Waals surface area contributed by atoms with Crippen LogP contribution >= 0.6 is 0 Å². The third kappa shape index (κ3) is 3.73. The summed E-state index contributed by atoms with van der Waals surface area (Å²) in [5, 5.41) is 11.2.